The summed E-state index contributed by atoms with van der Waals surface area (Å²) in [7, 11) is 1.56. The quantitative estimate of drug-likeness (QED) is 0.343. The third-order valence-electron chi connectivity index (χ3n) is 6.72. The normalized spacial score (nSPS) is 17.1. The molecular weight excluding hydrogens is 439 g/mol. The standard InChI is InChI=1S/C25H39FN4O4/c1-34-14-13-30(17-24(31)32)12-11-27-25(33)20-15-21(26)23(29-19-7-3-2-4-8-19)16-22(20)28-18-9-5-6-10-18/h15-16,18-19,28-29H,2-14,17H2,1H3,(H,27,33)(H,31,32). The minimum Gasteiger partial charge on any atom is -0.480 e. The smallest absolute Gasteiger partial charge is 0.317 e. The number of ether oxygens (including phenoxy) is 1. The maximum absolute atomic E-state index is 15.0. The van der Waals surface area contributed by atoms with E-state index in [2.05, 4.69) is 16.0 Å². The van der Waals surface area contributed by atoms with Crippen LogP contribution in [0.2, 0.25) is 0 Å². The number of hydrogen-bond acceptors (Lipinski definition) is 6. The SMILES string of the molecule is COCCN(CCNC(=O)c1cc(F)c(NC2CCCCC2)cc1NC1CCCC1)CC(=O)O. The average Bonchev–Trinajstić information content (AvgIpc) is 3.32. The number of amides is 1. The van der Waals surface area contributed by atoms with E-state index in [0.717, 1.165) is 51.4 Å². The van der Waals surface area contributed by atoms with Gasteiger partial charge in [-0.05, 0) is 37.8 Å². The van der Waals surface area contributed by atoms with Gasteiger partial charge in [-0.25, -0.2) is 4.39 Å². The number of nitrogens with zero attached hydrogens (tertiary/aromatic N) is 1. The molecule has 0 unspecified atom stereocenters. The molecule has 0 saturated heterocycles. The van der Waals surface area contributed by atoms with Crippen molar-refractivity contribution in [3.63, 3.8) is 0 Å². The molecule has 0 atom stereocenters. The number of aliphatic carboxylic acids is 1. The molecule has 0 radical (unpaired) electrons. The van der Waals surface area contributed by atoms with Gasteiger partial charge in [-0.2, -0.15) is 0 Å². The molecule has 8 nitrogen and oxygen atoms in total. The summed E-state index contributed by atoms with van der Waals surface area (Å²) < 4.78 is 20.1. The maximum atomic E-state index is 15.0. The number of halogens is 1. The second-order valence-electron chi connectivity index (χ2n) is 9.40. The summed E-state index contributed by atoms with van der Waals surface area (Å²) in [5.41, 5.74) is 1.36. The molecule has 2 saturated carbocycles. The number of carboxylic acid groups (broad SMARTS) is 1. The van der Waals surface area contributed by atoms with E-state index in [9.17, 15) is 9.59 Å². The van der Waals surface area contributed by atoms with Crippen LogP contribution in [0.4, 0.5) is 15.8 Å². The van der Waals surface area contributed by atoms with E-state index < -0.39 is 11.8 Å². The van der Waals surface area contributed by atoms with Gasteiger partial charge >= 0.3 is 5.97 Å². The molecule has 9 heteroatoms. The monoisotopic (exact) mass is 478 g/mol. The Bertz CT molecular complexity index is 810. The van der Waals surface area contributed by atoms with Gasteiger partial charge in [-0.3, -0.25) is 14.5 Å². The lowest BCUT2D eigenvalue weighted by molar-refractivity contribution is -0.138. The van der Waals surface area contributed by atoms with Crippen LogP contribution in [0.5, 0.6) is 0 Å². The molecule has 0 aliphatic heterocycles. The number of carbonyl (C=O) groups excluding carboxylic acids is 1. The van der Waals surface area contributed by atoms with E-state index in [1.54, 1.807) is 18.1 Å². The Balaban J connectivity index is 1.69. The number of benzene rings is 1. The number of carboxylic acids is 1. The zero-order valence-corrected chi connectivity index (χ0v) is 20.2. The number of methoxy groups -OCH3 is 1. The Labute approximate surface area is 201 Å². The summed E-state index contributed by atoms with van der Waals surface area (Å²) >= 11 is 0. The topological polar surface area (TPSA) is 103 Å². The molecule has 0 bridgehead atoms. The van der Waals surface area contributed by atoms with E-state index in [1.165, 1.54) is 12.5 Å². The molecule has 1 amide bonds. The van der Waals surface area contributed by atoms with Gasteiger partial charge in [0.05, 0.1) is 24.4 Å². The fourth-order valence-corrected chi connectivity index (χ4v) is 4.85. The van der Waals surface area contributed by atoms with Crippen LogP contribution in [0.1, 0.15) is 68.1 Å². The van der Waals surface area contributed by atoms with Crippen molar-refractivity contribution < 1.29 is 23.8 Å². The van der Waals surface area contributed by atoms with Crippen LogP contribution in [0, 0.1) is 5.82 Å². The zero-order valence-electron chi connectivity index (χ0n) is 20.2. The van der Waals surface area contributed by atoms with Crippen LogP contribution in [0.25, 0.3) is 0 Å². The third-order valence-corrected chi connectivity index (χ3v) is 6.72. The molecule has 4 N–H and O–H groups in total. The van der Waals surface area contributed by atoms with Crippen molar-refractivity contribution in [3.8, 4) is 0 Å². The highest BCUT2D eigenvalue weighted by Crippen LogP contribution is 2.31. The predicted octanol–water partition coefficient (Wildman–Crippen LogP) is 3.69. The van der Waals surface area contributed by atoms with Gasteiger partial charge in [0.15, 0.2) is 0 Å². The van der Waals surface area contributed by atoms with E-state index in [4.69, 9.17) is 9.84 Å². The van der Waals surface area contributed by atoms with Crippen LogP contribution in [-0.4, -0.2) is 73.9 Å². The van der Waals surface area contributed by atoms with Crippen LogP contribution < -0.4 is 16.0 Å². The third kappa shape index (κ3) is 8.13. The van der Waals surface area contributed by atoms with Gasteiger partial charge in [-0.15, -0.1) is 0 Å². The molecule has 2 aliphatic rings. The largest absolute Gasteiger partial charge is 0.480 e. The predicted molar refractivity (Wildman–Crippen MR) is 131 cm³/mol. The Hall–Kier alpha value is -2.39. The Morgan fingerprint density at radius 3 is 2.24 bits per heavy atom. The first-order valence-corrected chi connectivity index (χ1v) is 12.5. The molecule has 0 aromatic heterocycles. The molecule has 34 heavy (non-hydrogen) atoms. The number of carbonyl (C=O) groups is 2. The zero-order chi connectivity index (χ0) is 24.3. The molecule has 1 aromatic rings. The average molecular weight is 479 g/mol. The number of anilines is 2. The lowest BCUT2D eigenvalue weighted by Crippen LogP contribution is -2.39. The summed E-state index contributed by atoms with van der Waals surface area (Å²) in [6.45, 7) is 1.32. The van der Waals surface area contributed by atoms with Crippen molar-refractivity contribution in [2.45, 2.75) is 69.9 Å². The fourth-order valence-electron chi connectivity index (χ4n) is 4.85. The highest BCUT2D eigenvalue weighted by Gasteiger charge is 2.22. The van der Waals surface area contributed by atoms with Gasteiger partial charge in [-0.1, -0.05) is 32.1 Å². The van der Waals surface area contributed by atoms with Crippen LogP contribution in [-0.2, 0) is 9.53 Å². The highest BCUT2D eigenvalue weighted by molar-refractivity contribution is 6.00. The summed E-state index contributed by atoms with van der Waals surface area (Å²) in [5, 5.41) is 18.8. The number of rotatable bonds is 13. The van der Waals surface area contributed by atoms with Crippen LogP contribution >= 0.6 is 0 Å². The maximum Gasteiger partial charge on any atom is 0.317 e. The van der Waals surface area contributed by atoms with E-state index >= 15 is 4.39 Å². The Morgan fingerprint density at radius 2 is 1.62 bits per heavy atom. The molecular formula is C25H39FN4O4. The summed E-state index contributed by atoms with van der Waals surface area (Å²) in [4.78, 5) is 25.8. The van der Waals surface area contributed by atoms with Crippen molar-refractivity contribution in [2.24, 2.45) is 0 Å². The second kappa shape index (κ2) is 13.5. The van der Waals surface area contributed by atoms with Crippen molar-refractivity contribution in [1.82, 2.24) is 10.2 Å². The van der Waals surface area contributed by atoms with Crippen molar-refractivity contribution >= 4 is 23.3 Å². The molecule has 1 aromatic carbocycles. The van der Waals surface area contributed by atoms with E-state index in [1.807, 2.05) is 0 Å². The number of hydrogen-bond donors (Lipinski definition) is 4. The van der Waals surface area contributed by atoms with Gasteiger partial charge < -0.3 is 25.8 Å². The van der Waals surface area contributed by atoms with Gasteiger partial charge in [0.2, 0.25) is 0 Å². The van der Waals surface area contributed by atoms with Gasteiger partial charge in [0, 0.05) is 44.5 Å². The van der Waals surface area contributed by atoms with Gasteiger partial charge in [0.1, 0.15) is 5.82 Å². The van der Waals surface area contributed by atoms with E-state index in [0.29, 0.717) is 31.1 Å². The fraction of sp³-hybridized carbons (Fsp3) is 0.680. The molecule has 0 spiro atoms. The van der Waals surface area contributed by atoms with Crippen molar-refractivity contribution in [3.05, 3.63) is 23.5 Å². The van der Waals surface area contributed by atoms with Gasteiger partial charge in [0.25, 0.3) is 5.91 Å². The molecule has 0 heterocycles. The molecule has 190 valence electrons. The first kappa shape index (κ1) is 26.2. The summed E-state index contributed by atoms with van der Waals surface area (Å²) in [6.07, 6.45) is 9.95. The number of nitrogens with one attached hydrogen (secondary N) is 3. The molecule has 3 rings (SSSR count). The van der Waals surface area contributed by atoms with Crippen LogP contribution in [0.3, 0.4) is 0 Å². The van der Waals surface area contributed by atoms with Crippen molar-refractivity contribution in [2.75, 3.05) is 50.5 Å². The summed E-state index contributed by atoms with van der Waals surface area (Å²) in [5.74, 6) is -1.74. The van der Waals surface area contributed by atoms with Crippen LogP contribution in [0.15, 0.2) is 12.1 Å². The Kier molecular flexibility index (Phi) is 10.4. The lowest BCUT2D eigenvalue weighted by Gasteiger charge is -2.25. The minimum absolute atomic E-state index is 0.135. The van der Waals surface area contributed by atoms with E-state index in [-0.39, 0.29) is 36.6 Å². The second-order valence-corrected chi connectivity index (χ2v) is 9.40. The molecule has 2 fully saturated rings. The molecule has 2 aliphatic carbocycles. The van der Waals surface area contributed by atoms with Crippen molar-refractivity contribution in [1.29, 1.82) is 0 Å². The first-order chi connectivity index (χ1) is 16.5. The summed E-state index contributed by atoms with van der Waals surface area (Å²) in [6, 6.07) is 3.60. The Morgan fingerprint density at radius 1 is 1.00 bits per heavy atom. The lowest BCUT2D eigenvalue weighted by atomic mass is 9.95. The minimum atomic E-state index is -0.936. The first-order valence-electron chi connectivity index (χ1n) is 12.5. The highest BCUT2D eigenvalue weighted by atomic mass is 19.1.